The minimum atomic E-state index is -2.12. The maximum Gasteiger partial charge on any atom is 0.780 e. The van der Waals surface area contributed by atoms with Crippen LogP contribution in [0, 0.1) is 0 Å². The fraction of sp³-hybridized carbons (Fsp3) is 0. The van der Waals surface area contributed by atoms with Gasteiger partial charge in [0.15, 0.2) is 11.4 Å². The van der Waals surface area contributed by atoms with Crippen molar-refractivity contribution in [3.8, 4) is 33.2 Å². The molecule has 0 saturated heterocycles. The summed E-state index contributed by atoms with van der Waals surface area (Å²) in [6.07, 6.45) is 2.32. The first-order chi connectivity index (χ1) is 17.3. The van der Waals surface area contributed by atoms with Crippen LogP contribution in [-0.2, 0) is 0 Å². The zero-order valence-corrected chi connectivity index (χ0v) is 19.3. The van der Waals surface area contributed by atoms with Gasteiger partial charge in [0.2, 0.25) is 0 Å². The Morgan fingerprint density at radius 2 is 1.37 bits per heavy atom. The van der Waals surface area contributed by atoms with Gasteiger partial charge in [-0.2, -0.15) is 0 Å². The van der Waals surface area contributed by atoms with Crippen molar-refractivity contribution in [2.24, 2.45) is 0 Å². The quantitative estimate of drug-likeness (QED) is 0.269. The first kappa shape index (κ1) is 18.1. The minimum absolute atomic E-state index is 0.845. The number of hydrogen-bond acceptors (Lipinski definition) is 3. The molecule has 164 valence electrons. The highest BCUT2D eigenvalue weighted by molar-refractivity contribution is 7.13. The number of aromatic nitrogens is 1. The number of fused-ring (bicyclic) bond motifs is 7. The van der Waals surface area contributed by atoms with Gasteiger partial charge in [0, 0.05) is 33.5 Å². The molecule has 4 nitrogen and oxygen atoms in total. The normalized spacial score (nSPS) is 19.5. The van der Waals surface area contributed by atoms with Gasteiger partial charge in [0.25, 0.3) is 0 Å². The largest absolute Gasteiger partial charge is 0.780 e. The molecule has 5 aromatic rings. The number of nitrogens with zero attached hydrogens (tertiary/aromatic N) is 2. The molecule has 35 heavy (non-hydrogen) atoms. The Balaban J connectivity index is 1.49. The highest BCUT2D eigenvalue weighted by Gasteiger charge is 2.64. The van der Waals surface area contributed by atoms with Crippen LogP contribution in [0.4, 0.5) is 0 Å². The molecule has 0 N–H and O–H groups in total. The third-order valence-electron chi connectivity index (χ3n) is 7.61. The average molecular weight is 468 g/mol. The van der Waals surface area contributed by atoms with Gasteiger partial charge in [-0.1, -0.05) is 42.5 Å². The van der Waals surface area contributed by atoms with Crippen molar-refractivity contribution in [3.05, 3.63) is 119 Å². The first-order valence-corrected chi connectivity index (χ1v) is 12.7. The molecule has 1 unspecified atom stereocenters. The van der Waals surface area contributed by atoms with Crippen LogP contribution >= 0.6 is 11.3 Å². The molecule has 9 rings (SSSR count). The van der Waals surface area contributed by atoms with Crippen molar-refractivity contribution in [3.63, 3.8) is 0 Å². The highest BCUT2D eigenvalue weighted by Crippen LogP contribution is 2.52. The second-order valence-corrected chi connectivity index (χ2v) is 10.3. The van der Waals surface area contributed by atoms with E-state index in [1.165, 1.54) is 21.6 Å². The van der Waals surface area contributed by atoms with Crippen LogP contribution in [0.2, 0.25) is 0 Å². The van der Waals surface area contributed by atoms with Crippen molar-refractivity contribution in [2.45, 2.75) is 0 Å². The Bertz CT molecular complexity index is 1810. The third-order valence-corrected chi connectivity index (χ3v) is 8.52. The van der Waals surface area contributed by atoms with Gasteiger partial charge < -0.3 is 18.3 Å². The highest BCUT2D eigenvalue weighted by atomic mass is 32.1. The van der Waals surface area contributed by atoms with E-state index in [0.29, 0.717) is 0 Å². The first-order valence-electron chi connectivity index (χ1n) is 11.8. The summed E-state index contributed by atoms with van der Waals surface area (Å²) in [4.78, 5) is 1.24. The van der Waals surface area contributed by atoms with Crippen LogP contribution < -0.4 is 9.31 Å². The topological polar surface area (TPSA) is 26.4 Å². The average Bonchev–Trinajstić information content (AvgIpc) is 3.63. The molecule has 4 aliphatic rings. The molecule has 4 aliphatic heterocycles. The van der Waals surface area contributed by atoms with E-state index in [9.17, 15) is 0 Å². The zero-order chi connectivity index (χ0) is 22.7. The molecule has 0 bridgehead atoms. The molecule has 2 aromatic heterocycles. The van der Waals surface area contributed by atoms with Gasteiger partial charge in [-0.25, -0.2) is 0 Å². The van der Waals surface area contributed by atoms with E-state index < -0.39 is 6.82 Å². The van der Waals surface area contributed by atoms with Crippen LogP contribution in [0.1, 0.15) is 22.4 Å². The van der Waals surface area contributed by atoms with Crippen molar-refractivity contribution in [1.82, 2.24) is 4.48 Å². The molecular weight excluding hydrogens is 451 g/mol. The predicted molar refractivity (Wildman–Crippen MR) is 140 cm³/mol. The molecule has 1 spiro atoms. The van der Waals surface area contributed by atoms with Crippen LogP contribution in [-0.4, -0.2) is 21.5 Å². The van der Waals surface area contributed by atoms with E-state index in [4.69, 9.17) is 9.31 Å². The fourth-order valence-corrected chi connectivity index (χ4v) is 7.04. The van der Waals surface area contributed by atoms with Gasteiger partial charge >= 0.3 is 6.82 Å². The Hall–Kier alpha value is -4.29. The van der Waals surface area contributed by atoms with E-state index in [1.54, 1.807) is 11.3 Å². The van der Waals surface area contributed by atoms with Crippen molar-refractivity contribution in [2.75, 3.05) is 0 Å². The van der Waals surface area contributed by atoms with Gasteiger partial charge in [-0.05, 0) is 53.9 Å². The molecule has 0 fully saturated rings. The van der Waals surface area contributed by atoms with E-state index >= 15 is 0 Å². The van der Waals surface area contributed by atoms with Crippen LogP contribution in [0.5, 0.6) is 11.5 Å². The molecule has 0 saturated carbocycles. The predicted octanol–water partition coefficient (Wildman–Crippen LogP) is 6.33. The van der Waals surface area contributed by atoms with E-state index in [1.807, 2.05) is 12.1 Å². The summed E-state index contributed by atoms with van der Waals surface area (Å²) < 4.78 is 18.6. The lowest BCUT2D eigenvalue weighted by molar-refractivity contribution is -0.330. The maximum atomic E-state index is 7.00. The Morgan fingerprint density at radius 3 is 2.14 bits per heavy atom. The van der Waals surface area contributed by atoms with E-state index in [2.05, 4.69) is 99.3 Å². The summed E-state index contributed by atoms with van der Waals surface area (Å²) in [6, 6.07) is 31.9. The van der Waals surface area contributed by atoms with Gasteiger partial charge in [0.1, 0.15) is 0 Å². The maximum absolute atomic E-state index is 7.00. The Morgan fingerprint density at radius 1 is 0.686 bits per heavy atom. The van der Waals surface area contributed by atoms with Gasteiger partial charge in [-0.3, -0.25) is 0 Å². The molecule has 6 heterocycles. The summed E-state index contributed by atoms with van der Waals surface area (Å²) >= 11 is 1.76. The van der Waals surface area contributed by atoms with Gasteiger partial charge in [-0.15, -0.1) is 11.3 Å². The standard InChI is InChI=1S/C29H17BN2O2S/c1-2-9-19-18(8-1)24-17-25-22(28-14-7-15-35-28)16-23-20-10-3-5-12-26(20)33-30(31(23)25)32(24)29(19)21-11-4-6-13-27(21)34-30/h1-17H. The summed E-state index contributed by atoms with van der Waals surface area (Å²) in [5.41, 5.74) is 10.3. The number of para-hydroxylation sites is 2. The van der Waals surface area contributed by atoms with Crippen molar-refractivity contribution >= 4 is 35.6 Å². The number of thiophene rings is 1. The monoisotopic (exact) mass is 468 g/mol. The Labute approximate surface area is 205 Å². The minimum Gasteiger partial charge on any atom is -0.601 e. The fourth-order valence-electron chi connectivity index (χ4n) is 6.29. The molecule has 6 heteroatoms. The molecule has 0 amide bonds. The third kappa shape index (κ3) is 2.04. The molecule has 1 atom stereocenters. The molecule has 0 aliphatic carbocycles. The Kier molecular flexibility index (Phi) is 3.12. The van der Waals surface area contributed by atoms with Crippen LogP contribution in [0.25, 0.3) is 33.5 Å². The number of benzene rings is 3. The molecule has 0 radical (unpaired) electrons. The summed E-state index contributed by atoms with van der Waals surface area (Å²) in [5.74, 6) is 1.69. The lowest BCUT2D eigenvalue weighted by atomic mass is 9.77. The van der Waals surface area contributed by atoms with E-state index in [-0.39, 0.29) is 0 Å². The second kappa shape index (κ2) is 6.04. The molecule has 3 aromatic carbocycles. The number of rotatable bonds is 1. The summed E-state index contributed by atoms with van der Waals surface area (Å²) in [6.45, 7) is -2.12. The van der Waals surface area contributed by atoms with E-state index in [0.717, 1.165) is 45.4 Å². The van der Waals surface area contributed by atoms with Crippen LogP contribution in [0.15, 0.2) is 96.4 Å². The zero-order valence-electron chi connectivity index (χ0n) is 18.5. The second-order valence-electron chi connectivity index (χ2n) is 9.33. The SMILES string of the molecule is C1=C2c3ccccc3C3=[N+]2[B-]2(Oc4ccccc43)Oc3ccccc3-c3cc(-c4cccs4)c1n32. The van der Waals surface area contributed by atoms with Crippen LogP contribution in [0.3, 0.4) is 0 Å². The smallest absolute Gasteiger partial charge is 0.601 e. The van der Waals surface area contributed by atoms with Crippen molar-refractivity contribution < 1.29 is 13.8 Å². The number of hydrogen-bond donors (Lipinski definition) is 0. The summed E-state index contributed by atoms with van der Waals surface area (Å²) in [7, 11) is 0. The lowest BCUT2D eigenvalue weighted by Gasteiger charge is -2.46. The van der Waals surface area contributed by atoms with Gasteiger partial charge in [0.05, 0.1) is 28.2 Å². The van der Waals surface area contributed by atoms with Crippen molar-refractivity contribution in [1.29, 1.82) is 0 Å². The summed E-state index contributed by atoms with van der Waals surface area (Å²) in [5, 5.41) is 2.14. The molecular formula is C29H17BN2O2S. The lowest BCUT2D eigenvalue weighted by Crippen LogP contribution is -2.69.